The molecule has 7 heteroatoms. The van der Waals surface area contributed by atoms with Crippen LogP contribution in [0.5, 0.6) is 0 Å². The maximum Gasteiger partial charge on any atom is 0.180 e. The summed E-state index contributed by atoms with van der Waals surface area (Å²) in [7, 11) is 1.85. The lowest BCUT2D eigenvalue weighted by Gasteiger charge is -2.03. The Labute approximate surface area is 110 Å². The van der Waals surface area contributed by atoms with Crippen LogP contribution >= 0.6 is 45.8 Å². The minimum absolute atomic E-state index is 0.354. The van der Waals surface area contributed by atoms with Crippen molar-refractivity contribution in [2.75, 3.05) is 0 Å². The third kappa shape index (κ3) is 2.09. The van der Waals surface area contributed by atoms with Gasteiger partial charge in [-0.2, -0.15) is 0 Å². The summed E-state index contributed by atoms with van der Waals surface area (Å²) in [6.07, 6.45) is 3.33. The van der Waals surface area contributed by atoms with Crippen molar-refractivity contribution in [2.24, 2.45) is 7.05 Å². The molecule has 0 atom stereocenters. The van der Waals surface area contributed by atoms with Crippen LogP contribution in [0.1, 0.15) is 0 Å². The molecule has 0 aromatic carbocycles. The van der Waals surface area contributed by atoms with E-state index in [2.05, 4.69) is 15.0 Å². The van der Waals surface area contributed by atoms with Crippen molar-refractivity contribution in [3.63, 3.8) is 0 Å². The van der Waals surface area contributed by atoms with Crippen molar-refractivity contribution in [3.8, 4) is 11.5 Å². The fraction of sp³-hybridized carbons (Fsp3) is 0.125. The highest BCUT2D eigenvalue weighted by Crippen LogP contribution is 2.26. The molecule has 0 unspecified atom stereocenters. The second kappa shape index (κ2) is 4.23. The Kier molecular flexibility index (Phi) is 3.13. The van der Waals surface area contributed by atoms with Crippen LogP contribution in [0.3, 0.4) is 0 Å². The van der Waals surface area contributed by atoms with Gasteiger partial charge in [0.15, 0.2) is 5.82 Å². The van der Waals surface area contributed by atoms with Crippen molar-refractivity contribution in [1.82, 2.24) is 19.5 Å². The summed E-state index contributed by atoms with van der Waals surface area (Å²) >= 11 is 13.8. The number of imidazole rings is 1. The molecule has 0 saturated heterocycles. The summed E-state index contributed by atoms with van der Waals surface area (Å²) in [5.74, 6) is 0.477. The van der Waals surface area contributed by atoms with E-state index in [1.807, 2.05) is 29.6 Å². The maximum absolute atomic E-state index is 5.92. The molecule has 0 N–H and O–H groups in total. The summed E-state index contributed by atoms with van der Waals surface area (Å²) < 4.78 is 2.45. The molecule has 2 heterocycles. The lowest BCUT2D eigenvalue weighted by atomic mass is 10.4. The summed E-state index contributed by atoms with van der Waals surface area (Å²) in [6, 6.07) is 0. The Morgan fingerprint density at radius 2 is 1.87 bits per heavy atom. The topological polar surface area (TPSA) is 43.6 Å². The van der Waals surface area contributed by atoms with Crippen molar-refractivity contribution >= 4 is 45.8 Å². The predicted octanol–water partition coefficient (Wildman–Crippen LogP) is 2.79. The Balaban J connectivity index is 2.60. The van der Waals surface area contributed by atoms with Crippen LogP contribution in [0.25, 0.3) is 11.5 Å². The van der Waals surface area contributed by atoms with E-state index >= 15 is 0 Å². The average molecular weight is 355 g/mol. The molecule has 0 aliphatic carbocycles. The van der Waals surface area contributed by atoms with Gasteiger partial charge in [0.2, 0.25) is 0 Å². The molecule has 0 aliphatic heterocycles. The van der Waals surface area contributed by atoms with Crippen LogP contribution in [0.15, 0.2) is 12.5 Å². The van der Waals surface area contributed by atoms with Gasteiger partial charge < -0.3 is 4.57 Å². The van der Waals surface area contributed by atoms with E-state index in [9.17, 15) is 0 Å². The molecule has 4 nitrogen and oxygen atoms in total. The highest BCUT2D eigenvalue weighted by molar-refractivity contribution is 14.1. The molecule has 0 fully saturated rings. The number of hydrogen-bond acceptors (Lipinski definition) is 3. The summed E-state index contributed by atoms with van der Waals surface area (Å²) in [4.78, 5) is 12.3. The fourth-order valence-corrected chi connectivity index (χ4v) is 1.71. The average Bonchev–Trinajstić information content (AvgIpc) is 2.60. The largest absolute Gasteiger partial charge is 0.331 e. The van der Waals surface area contributed by atoms with Gasteiger partial charge in [-0.1, -0.05) is 23.2 Å². The van der Waals surface area contributed by atoms with Gasteiger partial charge in [0.1, 0.15) is 16.0 Å². The van der Waals surface area contributed by atoms with Gasteiger partial charge in [0.05, 0.1) is 16.1 Å². The summed E-state index contributed by atoms with van der Waals surface area (Å²) in [5.41, 5.74) is 0.773. The molecular weight excluding hydrogens is 350 g/mol. The van der Waals surface area contributed by atoms with Crippen molar-refractivity contribution in [3.05, 3.63) is 26.4 Å². The number of rotatable bonds is 1. The number of halogens is 3. The predicted molar refractivity (Wildman–Crippen MR) is 67.0 cm³/mol. The Bertz CT molecular complexity index is 488. The van der Waals surface area contributed by atoms with Crippen LogP contribution < -0.4 is 0 Å². The minimum Gasteiger partial charge on any atom is -0.331 e. The second-order valence-corrected chi connectivity index (χ2v) is 4.63. The molecule has 2 rings (SSSR count). The van der Waals surface area contributed by atoms with Gasteiger partial charge in [-0.15, -0.1) is 0 Å². The minimum atomic E-state index is 0.354. The first-order valence-corrected chi connectivity index (χ1v) is 5.78. The quantitative estimate of drug-likeness (QED) is 0.584. The summed E-state index contributed by atoms with van der Waals surface area (Å²) in [6.45, 7) is 0. The van der Waals surface area contributed by atoms with E-state index in [0.717, 1.165) is 5.69 Å². The molecule has 0 radical (unpaired) electrons. The standard InChI is InChI=1S/C8H5Cl2IN4/c1-15-3-12-2-4(15)8-13-6(9)5(11)7(10)14-8/h2-3H,1H3. The van der Waals surface area contributed by atoms with Crippen LogP contribution in [0.4, 0.5) is 0 Å². The SMILES string of the molecule is Cn1cncc1-c1nc(Cl)c(I)c(Cl)n1. The number of nitrogens with zero attached hydrogens (tertiary/aromatic N) is 4. The number of hydrogen-bond donors (Lipinski definition) is 0. The second-order valence-electron chi connectivity index (χ2n) is 2.83. The molecule has 2 aromatic heterocycles. The molecule has 0 spiro atoms. The van der Waals surface area contributed by atoms with E-state index in [1.165, 1.54) is 0 Å². The number of aromatic nitrogens is 4. The van der Waals surface area contributed by atoms with Gasteiger partial charge in [-0.05, 0) is 22.6 Å². The summed E-state index contributed by atoms with van der Waals surface area (Å²) in [5, 5.41) is 0.707. The molecule has 0 saturated carbocycles. The first kappa shape index (κ1) is 11.1. The first-order chi connectivity index (χ1) is 7.09. The van der Waals surface area contributed by atoms with Crippen LogP contribution in [-0.2, 0) is 7.05 Å². The zero-order valence-electron chi connectivity index (χ0n) is 7.58. The number of aryl methyl sites for hydroxylation is 1. The van der Waals surface area contributed by atoms with Gasteiger partial charge in [0, 0.05) is 7.05 Å². The normalized spacial score (nSPS) is 10.7. The zero-order valence-corrected chi connectivity index (χ0v) is 11.2. The smallest absolute Gasteiger partial charge is 0.180 e. The van der Waals surface area contributed by atoms with E-state index in [-0.39, 0.29) is 0 Å². The fourth-order valence-electron chi connectivity index (χ4n) is 1.08. The van der Waals surface area contributed by atoms with Crippen molar-refractivity contribution in [1.29, 1.82) is 0 Å². The van der Waals surface area contributed by atoms with E-state index in [1.54, 1.807) is 17.1 Å². The van der Waals surface area contributed by atoms with Crippen molar-refractivity contribution < 1.29 is 0 Å². The zero-order chi connectivity index (χ0) is 11.0. The van der Waals surface area contributed by atoms with Gasteiger partial charge in [0.25, 0.3) is 0 Å². The Morgan fingerprint density at radius 1 is 1.27 bits per heavy atom. The molecule has 2 aromatic rings. The first-order valence-electron chi connectivity index (χ1n) is 3.95. The molecule has 15 heavy (non-hydrogen) atoms. The van der Waals surface area contributed by atoms with Gasteiger partial charge in [-0.3, -0.25) is 0 Å². The lowest BCUT2D eigenvalue weighted by molar-refractivity contribution is 0.907. The highest BCUT2D eigenvalue weighted by Gasteiger charge is 2.12. The Hall–Kier alpha value is -0.400. The van der Waals surface area contributed by atoms with E-state index < -0.39 is 0 Å². The van der Waals surface area contributed by atoms with Crippen LogP contribution in [0, 0.1) is 3.57 Å². The monoisotopic (exact) mass is 354 g/mol. The Morgan fingerprint density at radius 3 is 2.33 bits per heavy atom. The molecular formula is C8H5Cl2IN4. The van der Waals surface area contributed by atoms with E-state index in [0.29, 0.717) is 19.7 Å². The van der Waals surface area contributed by atoms with Crippen LogP contribution in [-0.4, -0.2) is 19.5 Å². The molecule has 0 amide bonds. The molecule has 78 valence electrons. The van der Waals surface area contributed by atoms with Gasteiger partial charge in [-0.25, -0.2) is 15.0 Å². The molecule has 0 aliphatic rings. The third-order valence-electron chi connectivity index (χ3n) is 1.82. The maximum atomic E-state index is 5.92. The third-order valence-corrected chi connectivity index (χ3v) is 4.02. The van der Waals surface area contributed by atoms with Crippen LogP contribution in [0.2, 0.25) is 10.3 Å². The molecule has 0 bridgehead atoms. The lowest BCUT2D eigenvalue weighted by Crippen LogP contribution is -1.97. The van der Waals surface area contributed by atoms with Gasteiger partial charge >= 0.3 is 0 Å². The van der Waals surface area contributed by atoms with E-state index in [4.69, 9.17) is 23.2 Å². The van der Waals surface area contributed by atoms with Crippen molar-refractivity contribution in [2.45, 2.75) is 0 Å². The highest BCUT2D eigenvalue weighted by atomic mass is 127.